The lowest BCUT2D eigenvalue weighted by Gasteiger charge is -2.17. The van der Waals surface area contributed by atoms with Gasteiger partial charge in [0.05, 0.1) is 10.7 Å². The van der Waals surface area contributed by atoms with Crippen LogP contribution in [0.25, 0.3) is 11.5 Å². The molecule has 1 aliphatic heterocycles. The average molecular weight is 392 g/mol. The van der Waals surface area contributed by atoms with Crippen molar-refractivity contribution in [2.45, 2.75) is 12.3 Å². The second-order valence-electron chi connectivity index (χ2n) is 5.95. The third-order valence-electron chi connectivity index (χ3n) is 4.23. The maximum atomic E-state index is 14.2. The zero-order chi connectivity index (χ0) is 18.3. The van der Waals surface area contributed by atoms with E-state index in [1.165, 1.54) is 17.0 Å². The molecule has 1 amide bonds. The highest BCUT2D eigenvalue weighted by Gasteiger charge is 2.36. The number of halogens is 3. The van der Waals surface area contributed by atoms with Crippen LogP contribution in [0.4, 0.5) is 10.1 Å². The highest BCUT2D eigenvalue weighted by atomic mass is 35.5. The van der Waals surface area contributed by atoms with E-state index in [0.717, 1.165) is 0 Å². The van der Waals surface area contributed by atoms with Gasteiger partial charge < -0.3 is 9.42 Å². The molecule has 0 N–H and O–H groups in total. The molecular formula is C18H12Cl2FN3O2. The van der Waals surface area contributed by atoms with Crippen molar-refractivity contribution < 1.29 is 13.7 Å². The number of benzene rings is 2. The Bertz CT molecular complexity index is 992. The molecule has 0 bridgehead atoms. The van der Waals surface area contributed by atoms with Crippen LogP contribution < -0.4 is 4.90 Å². The maximum Gasteiger partial charge on any atom is 0.257 e. The second kappa shape index (κ2) is 6.70. The van der Waals surface area contributed by atoms with Gasteiger partial charge >= 0.3 is 0 Å². The lowest BCUT2D eigenvalue weighted by Crippen LogP contribution is -2.25. The van der Waals surface area contributed by atoms with Crippen LogP contribution >= 0.6 is 23.2 Å². The minimum Gasteiger partial charge on any atom is -0.334 e. The summed E-state index contributed by atoms with van der Waals surface area (Å²) in [6, 6.07) is 11.6. The molecule has 5 nitrogen and oxygen atoms in total. The molecule has 132 valence electrons. The molecule has 2 aromatic carbocycles. The summed E-state index contributed by atoms with van der Waals surface area (Å²) in [7, 11) is 0. The summed E-state index contributed by atoms with van der Waals surface area (Å²) >= 11 is 11.8. The molecule has 1 aliphatic rings. The lowest BCUT2D eigenvalue weighted by molar-refractivity contribution is -0.117. The largest absolute Gasteiger partial charge is 0.334 e. The Kier molecular flexibility index (Phi) is 4.38. The molecule has 1 atom stereocenters. The van der Waals surface area contributed by atoms with Crippen LogP contribution in [0.2, 0.25) is 10.0 Å². The molecule has 2 heterocycles. The van der Waals surface area contributed by atoms with E-state index in [0.29, 0.717) is 22.3 Å². The SMILES string of the molecule is O=C1CC(c2noc(-c3cccc(Cl)c3)n2)CN1c1cccc(Cl)c1F. The van der Waals surface area contributed by atoms with Gasteiger partial charge in [-0.05, 0) is 30.3 Å². The zero-order valence-electron chi connectivity index (χ0n) is 13.3. The Balaban J connectivity index is 1.59. The van der Waals surface area contributed by atoms with Crippen molar-refractivity contribution in [3.8, 4) is 11.5 Å². The normalized spacial score (nSPS) is 17.1. The number of carbonyl (C=O) groups is 1. The Morgan fingerprint density at radius 1 is 1.19 bits per heavy atom. The molecule has 3 aromatic rings. The van der Waals surface area contributed by atoms with Crippen molar-refractivity contribution in [1.82, 2.24) is 10.1 Å². The fourth-order valence-corrected chi connectivity index (χ4v) is 3.31. The van der Waals surface area contributed by atoms with E-state index in [2.05, 4.69) is 10.1 Å². The molecule has 1 unspecified atom stereocenters. The van der Waals surface area contributed by atoms with Crippen LogP contribution in [0, 0.1) is 5.82 Å². The standard InChI is InChI=1S/C18H12Cl2FN3O2/c19-12-4-1-3-10(7-12)18-22-17(23-26-18)11-8-15(25)24(9-11)14-6-2-5-13(20)16(14)21/h1-7,11H,8-9H2. The van der Waals surface area contributed by atoms with Crippen molar-refractivity contribution in [2.75, 3.05) is 11.4 Å². The number of rotatable bonds is 3. The molecule has 26 heavy (non-hydrogen) atoms. The number of amides is 1. The van der Waals surface area contributed by atoms with Gasteiger partial charge in [-0.2, -0.15) is 4.98 Å². The smallest absolute Gasteiger partial charge is 0.257 e. The molecular weight excluding hydrogens is 380 g/mol. The monoisotopic (exact) mass is 391 g/mol. The van der Waals surface area contributed by atoms with Gasteiger partial charge in [-0.1, -0.05) is 40.5 Å². The number of nitrogens with zero attached hydrogens (tertiary/aromatic N) is 3. The van der Waals surface area contributed by atoms with Crippen molar-refractivity contribution in [1.29, 1.82) is 0 Å². The Morgan fingerprint density at radius 3 is 2.81 bits per heavy atom. The van der Waals surface area contributed by atoms with Crippen LogP contribution in [-0.2, 0) is 4.79 Å². The van der Waals surface area contributed by atoms with Gasteiger partial charge in [0.2, 0.25) is 5.91 Å². The summed E-state index contributed by atoms with van der Waals surface area (Å²) in [6.45, 7) is 0.255. The van der Waals surface area contributed by atoms with Crippen molar-refractivity contribution >= 4 is 34.8 Å². The first-order valence-corrected chi connectivity index (χ1v) is 8.62. The van der Waals surface area contributed by atoms with Gasteiger partial charge in [0.15, 0.2) is 11.6 Å². The number of carbonyl (C=O) groups excluding carboxylic acids is 1. The molecule has 0 spiro atoms. The molecule has 1 fully saturated rings. The van der Waals surface area contributed by atoms with E-state index in [4.69, 9.17) is 27.7 Å². The van der Waals surface area contributed by atoms with E-state index < -0.39 is 5.82 Å². The lowest BCUT2D eigenvalue weighted by atomic mass is 10.1. The van der Waals surface area contributed by atoms with E-state index in [-0.39, 0.29) is 35.5 Å². The van der Waals surface area contributed by atoms with Crippen molar-refractivity contribution in [2.24, 2.45) is 0 Å². The first-order valence-electron chi connectivity index (χ1n) is 7.87. The number of hydrogen-bond donors (Lipinski definition) is 0. The second-order valence-corrected chi connectivity index (χ2v) is 6.79. The van der Waals surface area contributed by atoms with Crippen LogP contribution in [0.1, 0.15) is 18.2 Å². The minimum atomic E-state index is -0.615. The molecule has 1 aromatic heterocycles. The predicted molar refractivity (Wildman–Crippen MR) is 95.9 cm³/mol. The van der Waals surface area contributed by atoms with E-state index in [9.17, 15) is 9.18 Å². The minimum absolute atomic E-state index is 0.0263. The maximum absolute atomic E-state index is 14.2. The molecule has 1 saturated heterocycles. The summed E-state index contributed by atoms with van der Waals surface area (Å²) in [6.07, 6.45) is 0.167. The number of hydrogen-bond acceptors (Lipinski definition) is 4. The quantitative estimate of drug-likeness (QED) is 0.648. The summed E-state index contributed by atoms with van der Waals surface area (Å²) < 4.78 is 19.5. The summed E-state index contributed by atoms with van der Waals surface area (Å²) in [5.74, 6) is -0.403. The summed E-state index contributed by atoms with van der Waals surface area (Å²) in [5, 5.41) is 4.51. The molecule has 8 heteroatoms. The third-order valence-corrected chi connectivity index (χ3v) is 4.75. The topological polar surface area (TPSA) is 59.2 Å². The Morgan fingerprint density at radius 2 is 2.00 bits per heavy atom. The molecule has 4 rings (SSSR count). The van der Waals surface area contributed by atoms with Crippen LogP contribution in [0.5, 0.6) is 0 Å². The van der Waals surface area contributed by atoms with Crippen LogP contribution in [0.15, 0.2) is 47.0 Å². The van der Waals surface area contributed by atoms with E-state index >= 15 is 0 Å². The fourth-order valence-electron chi connectivity index (χ4n) is 2.95. The van der Waals surface area contributed by atoms with Gasteiger partial charge in [0.1, 0.15) is 0 Å². The summed E-state index contributed by atoms with van der Waals surface area (Å²) in [5.41, 5.74) is 0.849. The van der Waals surface area contributed by atoms with Gasteiger partial charge in [-0.3, -0.25) is 4.79 Å². The van der Waals surface area contributed by atoms with Gasteiger partial charge in [0, 0.05) is 29.5 Å². The Hall–Kier alpha value is -2.44. The number of anilines is 1. The molecule has 0 aliphatic carbocycles. The first-order chi connectivity index (χ1) is 12.5. The van der Waals surface area contributed by atoms with Crippen molar-refractivity contribution in [3.05, 3.63) is 64.2 Å². The Labute approximate surface area is 158 Å². The average Bonchev–Trinajstić information content (AvgIpc) is 3.24. The van der Waals surface area contributed by atoms with Crippen LogP contribution in [-0.4, -0.2) is 22.6 Å². The highest BCUT2D eigenvalue weighted by molar-refractivity contribution is 6.31. The summed E-state index contributed by atoms with van der Waals surface area (Å²) in [4.78, 5) is 18.1. The predicted octanol–water partition coefficient (Wildman–Crippen LogP) is 4.70. The van der Waals surface area contributed by atoms with Gasteiger partial charge in [0.25, 0.3) is 5.89 Å². The first kappa shape index (κ1) is 17.0. The zero-order valence-corrected chi connectivity index (χ0v) is 14.8. The van der Waals surface area contributed by atoms with Gasteiger partial charge in [-0.15, -0.1) is 0 Å². The van der Waals surface area contributed by atoms with Crippen molar-refractivity contribution in [3.63, 3.8) is 0 Å². The highest BCUT2D eigenvalue weighted by Crippen LogP contribution is 2.34. The fraction of sp³-hybridized carbons (Fsp3) is 0.167. The van der Waals surface area contributed by atoms with Gasteiger partial charge in [-0.25, -0.2) is 4.39 Å². The third kappa shape index (κ3) is 3.06. The van der Waals surface area contributed by atoms with E-state index in [1.54, 1.807) is 30.3 Å². The van der Waals surface area contributed by atoms with Crippen LogP contribution in [0.3, 0.4) is 0 Å². The van der Waals surface area contributed by atoms with E-state index in [1.807, 2.05) is 0 Å². The molecule has 0 saturated carbocycles. The number of aromatic nitrogens is 2. The molecule has 0 radical (unpaired) electrons.